The summed E-state index contributed by atoms with van der Waals surface area (Å²) in [4.78, 5) is 4.89. The van der Waals surface area contributed by atoms with Gasteiger partial charge in [-0.3, -0.25) is 0 Å². The van der Waals surface area contributed by atoms with Crippen LogP contribution in [0, 0.1) is 6.92 Å². The standard InChI is InChI=1S/C9H13F3N2OS/c1-5(8-6(2)14-4-16-8)13-3-7(15)9(10,11)12/h4-5,7,13,15H,3H2,1-2H3. The predicted octanol–water partition coefficient (Wildman–Crippen LogP) is 2.03. The summed E-state index contributed by atoms with van der Waals surface area (Å²) < 4.78 is 36.1. The molecule has 2 unspecified atom stereocenters. The highest BCUT2D eigenvalue weighted by molar-refractivity contribution is 7.09. The fourth-order valence-electron chi connectivity index (χ4n) is 1.22. The molecule has 2 N–H and O–H groups in total. The van der Waals surface area contributed by atoms with E-state index in [0.29, 0.717) is 0 Å². The summed E-state index contributed by atoms with van der Waals surface area (Å²) in [6.45, 7) is 3.02. The number of hydrogen-bond acceptors (Lipinski definition) is 4. The molecular weight excluding hydrogens is 241 g/mol. The molecule has 0 aliphatic rings. The van der Waals surface area contributed by atoms with Gasteiger partial charge in [-0.2, -0.15) is 13.2 Å². The Morgan fingerprint density at radius 3 is 2.62 bits per heavy atom. The van der Waals surface area contributed by atoms with Crippen molar-refractivity contribution in [3.63, 3.8) is 0 Å². The van der Waals surface area contributed by atoms with Gasteiger partial charge in [-0.25, -0.2) is 4.98 Å². The van der Waals surface area contributed by atoms with E-state index in [4.69, 9.17) is 5.11 Å². The van der Waals surface area contributed by atoms with E-state index in [9.17, 15) is 13.2 Å². The van der Waals surface area contributed by atoms with Gasteiger partial charge in [0.15, 0.2) is 6.10 Å². The lowest BCUT2D eigenvalue weighted by Gasteiger charge is -2.18. The first kappa shape index (κ1) is 13.4. The van der Waals surface area contributed by atoms with Gasteiger partial charge in [-0.1, -0.05) is 0 Å². The molecule has 0 aliphatic carbocycles. The van der Waals surface area contributed by atoms with Gasteiger partial charge in [-0.15, -0.1) is 11.3 Å². The van der Waals surface area contributed by atoms with Crippen LogP contribution in [0.5, 0.6) is 0 Å². The van der Waals surface area contributed by atoms with Gasteiger partial charge in [0.2, 0.25) is 0 Å². The van der Waals surface area contributed by atoms with Crippen molar-refractivity contribution < 1.29 is 18.3 Å². The number of hydrogen-bond donors (Lipinski definition) is 2. The molecule has 0 aromatic carbocycles. The molecule has 0 bridgehead atoms. The number of aryl methyl sites for hydroxylation is 1. The second kappa shape index (κ2) is 5.11. The topological polar surface area (TPSA) is 45.2 Å². The Labute approximate surface area is 95.3 Å². The highest BCUT2D eigenvalue weighted by Crippen LogP contribution is 2.23. The van der Waals surface area contributed by atoms with Crippen LogP contribution < -0.4 is 5.32 Å². The minimum absolute atomic E-state index is 0.246. The summed E-state index contributed by atoms with van der Waals surface area (Å²) in [5.41, 5.74) is 2.44. The van der Waals surface area contributed by atoms with Crippen LogP contribution in [0.1, 0.15) is 23.5 Å². The summed E-state index contributed by atoms with van der Waals surface area (Å²) >= 11 is 1.38. The van der Waals surface area contributed by atoms with Crippen LogP contribution in [0.4, 0.5) is 13.2 Å². The number of aromatic nitrogens is 1. The lowest BCUT2D eigenvalue weighted by Crippen LogP contribution is -2.39. The molecule has 0 radical (unpaired) electrons. The third-order valence-electron chi connectivity index (χ3n) is 2.17. The quantitative estimate of drug-likeness (QED) is 0.864. The van der Waals surface area contributed by atoms with Crippen LogP contribution in [0.25, 0.3) is 0 Å². The van der Waals surface area contributed by atoms with Crippen molar-refractivity contribution in [2.45, 2.75) is 32.2 Å². The van der Waals surface area contributed by atoms with Gasteiger partial charge in [0.05, 0.1) is 11.2 Å². The Bertz CT molecular complexity index is 340. The molecule has 0 spiro atoms. The molecule has 1 rings (SSSR count). The minimum Gasteiger partial charge on any atom is -0.382 e. The first-order chi connectivity index (χ1) is 7.32. The zero-order valence-electron chi connectivity index (χ0n) is 8.88. The third kappa shape index (κ3) is 3.43. The highest BCUT2D eigenvalue weighted by Gasteiger charge is 2.38. The molecule has 0 aliphatic heterocycles. The SMILES string of the molecule is Cc1ncsc1C(C)NCC(O)C(F)(F)F. The van der Waals surface area contributed by atoms with E-state index >= 15 is 0 Å². The summed E-state index contributed by atoms with van der Waals surface area (Å²) in [5, 5.41) is 11.4. The summed E-state index contributed by atoms with van der Waals surface area (Å²) in [6.07, 6.45) is -6.90. The number of halogens is 3. The van der Waals surface area contributed by atoms with Gasteiger partial charge in [0.25, 0.3) is 0 Å². The molecule has 1 aromatic heterocycles. The van der Waals surface area contributed by atoms with Gasteiger partial charge in [0, 0.05) is 17.5 Å². The third-order valence-corrected chi connectivity index (χ3v) is 3.28. The van der Waals surface area contributed by atoms with Crippen molar-refractivity contribution in [2.75, 3.05) is 6.54 Å². The van der Waals surface area contributed by atoms with Crippen molar-refractivity contribution in [1.82, 2.24) is 10.3 Å². The van der Waals surface area contributed by atoms with Crippen LogP contribution in [0.15, 0.2) is 5.51 Å². The summed E-state index contributed by atoms with van der Waals surface area (Å²) in [7, 11) is 0. The van der Waals surface area contributed by atoms with Crippen molar-refractivity contribution in [3.8, 4) is 0 Å². The molecule has 0 amide bonds. The largest absolute Gasteiger partial charge is 0.415 e. The van der Waals surface area contributed by atoms with E-state index in [-0.39, 0.29) is 6.04 Å². The van der Waals surface area contributed by atoms with Crippen molar-refractivity contribution >= 4 is 11.3 Å². The number of nitrogens with one attached hydrogen (secondary N) is 1. The maximum atomic E-state index is 12.0. The zero-order chi connectivity index (χ0) is 12.3. The minimum atomic E-state index is -4.57. The van der Waals surface area contributed by atoms with Crippen LogP contribution in [-0.2, 0) is 0 Å². The maximum Gasteiger partial charge on any atom is 0.415 e. The van der Waals surface area contributed by atoms with Crippen molar-refractivity contribution in [2.24, 2.45) is 0 Å². The molecule has 16 heavy (non-hydrogen) atoms. The van der Waals surface area contributed by atoms with Crippen LogP contribution in [0.2, 0.25) is 0 Å². The molecule has 0 saturated carbocycles. The smallest absolute Gasteiger partial charge is 0.382 e. The van der Waals surface area contributed by atoms with Crippen LogP contribution in [0.3, 0.4) is 0 Å². The van der Waals surface area contributed by atoms with Gasteiger partial charge in [0.1, 0.15) is 0 Å². The Morgan fingerprint density at radius 2 is 2.19 bits per heavy atom. The number of aliphatic hydroxyl groups excluding tert-OH is 1. The molecule has 3 nitrogen and oxygen atoms in total. The monoisotopic (exact) mass is 254 g/mol. The molecule has 2 atom stereocenters. The summed E-state index contributed by atoms with van der Waals surface area (Å²) in [6, 6.07) is -0.246. The zero-order valence-corrected chi connectivity index (χ0v) is 9.69. The lowest BCUT2D eigenvalue weighted by molar-refractivity contribution is -0.202. The van der Waals surface area contributed by atoms with Crippen LogP contribution in [-0.4, -0.2) is 28.9 Å². The number of alkyl halides is 3. The van der Waals surface area contributed by atoms with E-state index in [1.165, 1.54) is 11.3 Å². The van der Waals surface area contributed by atoms with Gasteiger partial charge < -0.3 is 10.4 Å². The Kier molecular flexibility index (Phi) is 4.28. The fourth-order valence-corrected chi connectivity index (χ4v) is 2.06. The van der Waals surface area contributed by atoms with Gasteiger partial charge in [-0.05, 0) is 13.8 Å². The first-order valence-electron chi connectivity index (χ1n) is 4.70. The van der Waals surface area contributed by atoms with E-state index in [1.54, 1.807) is 19.4 Å². The maximum absolute atomic E-state index is 12.0. The van der Waals surface area contributed by atoms with Crippen molar-refractivity contribution in [1.29, 1.82) is 0 Å². The fraction of sp³-hybridized carbons (Fsp3) is 0.667. The number of thiazole rings is 1. The molecule has 92 valence electrons. The normalized spacial score (nSPS) is 16.1. The number of rotatable bonds is 4. The predicted molar refractivity (Wildman–Crippen MR) is 55.3 cm³/mol. The van der Waals surface area contributed by atoms with Gasteiger partial charge >= 0.3 is 6.18 Å². The molecule has 0 saturated heterocycles. The first-order valence-corrected chi connectivity index (χ1v) is 5.58. The second-order valence-electron chi connectivity index (χ2n) is 3.49. The molecule has 1 heterocycles. The van der Waals surface area contributed by atoms with E-state index in [2.05, 4.69) is 10.3 Å². The van der Waals surface area contributed by atoms with E-state index in [0.717, 1.165) is 10.6 Å². The van der Waals surface area contributed by atoms with Crippen molar-refractivity contribution in [3.05, 3.63) is 16.1 Å². The second-order valence-corrected chi connectivity index (χ2v) is 4.38. The molecule has 7 heteroatoms. The molecule has 1 aromatic rings. The Morgan fingerprint density at radius 1 is 1.56 bits per heavy atom. The average molecular weight is 254 g/mol. The number of aliphatic hydroxyl groups is 1. The molecule has 0 fully saturated rings. The lowest BCUT2D eigenvalue weighted by atomic mass is 10.2. The highest BCUT2D eigenvalue weighted by atomic mass is 32.1. The van der Waals surface area contributed by atoms with E-state index in [1.807, 2.05) is 0 Å². The average Bonchev–Trinajstić information content (AvgIpc) is 2.58. The Balaban J connectivity index is 2.48. The summed E-state index contributed by atoms with van der Waals surface area (Å²) in [5.74, 6) is 0. The molecular formula is C9H13F3N2OS. The Hall–Kier alpha value is -0.660. The van der Waals surface area contributed by atoms with E-state index < -0.39 is 18.8 Å². The van der Waals surface area contributed by atoms with Crippen LogP contribution >= 0.6 is 11.3 Å². The number of nitrogens with zero attached hydrogens (tertiary/aromatic N) is 1.